The molecule has 20 heavy (non-hydrogen) atoms. The molecule has 1 N–H and O–H groups in total. The predicted molar refractivity (Wildman–Crippen MR) is 83.7 cm³/mol. The first-order valence-corrected chi connectivity index (χ1v) is 7.44. The molecule has 0 saturated carbocycles. The fourth-order valence-electron chi connectivity index (χ4n) is 2.32. The van der Waals surface area contributed by atoms with E-state index in [0.717, 1.165) is 23.8 Å². The molecule has 1 heterocycles. The molecule has 2 rings (SSSR count). The number of hydrogen-bond acceptors (Lipinski definition) is 2. The molecule has 0 aliphatic heterocycles. The van der Waals surface area contributed by atoms with Gasteiger partial charge in [0.1, 0.15) is 5.82 Å². The fraction of sp³-hybridized carbons (Fsp3) is 0.438. The minimum absolute atomic E-state index is 0.314. The lowest BCUT2D eigenvalue weighted by Gasteiger charge is -2.25. The number of hydrogen-bond donors (Lipinski definition) is 1. The SMILES string of the molecule is CC[C@H](C)[C@@H](NCc1nccn1C)c1ccc(Cl)cc1. The van der Waals surface area contributed by atoms with Crippen LogP contribution in [0.4, 0.5) is 0 Å². The smallest absolute Gasteiger partial charge is 0.122 e. The van der Waals surface area contributed by atoms with E-state index in [1.165, 1.54) is 5.56 Å². The van der Waals surface area contributed by atoms with Gasteiger partial charge >= 0.3 is 0 Å². The van der Waals surface area contributed by atoms with E-state index in [0.29, 0.717) is 12.0 Å². The molecule has 0 fully saturated rings. The summed E-state index contributed by atoms with van der Waals surface area (Å²) in [5.74, 6) is 1.60. The maximum Gasteiger partial charge on any atom is 0.122 e. The Morgan fingerprint density at radius 1 is 1.30 bits per heavy atom. The Morgan fingerprint density at radius 2 is 2.00 bits per heavy atom. The first-order chi connectivity index (χ1) is 9.61. The molecule has 4 heteroatoms. The van der Waals surface area contributed by atoms with Gasteiger partial charge in [0.05, 0.1) is 6.54 Å². The Balaban J connectivity index is 2.12. The van der Waals surface area contributed by atoms with E-state index >= 15 is 0 Å². The van der Waals surface area contributed by atoms with Crippen LogP contribution in [0.1, 0.15) is 37.7 Å². The molecule has 3 nitrogen and oxygen atoms in total. The van der Waals surface area contributed by atoms with Gasteiger partial charge in [0, 0.05) is 30.5 Å². The van der Waals surface area contributed by atoms with Crippen molar-refractivity contribution in [2.45, 2.75) is 32.9 Å². The molecule has 2 aromatic rings. The Morgan fingerprint density at radius 3 is 2.55 bits per heavy atom. The first-order valence-electron chi connectivity index (χ1n) is 7.07. The van der Waals surface area contributed by atoms with E-state index in [1.54, 1.807) is 0 Å². The third kappa shape index (κ3) is 3.62. The topological polar surface area (TPSA) is 29.9 Å². The molecule has 0 radical (unpaired) electrons. The summed E-state index contributed by atoms with van der Waals surface area (Å²) in [5, 5.41) is 4.40. The maximum absolute atomic E-state index is 5.98. The minimum atomic E-state index is 0.314. The van der Waals surface area contributed by atoms with Crippen molar-refractivity contribution in [3.8, 4) is 0 Å². The van der Waals surface area contributed by atoms with Crippen LogP contribution in [-0.2, 0) is 13.6 Å². The summed E-state index contributed by atoms with van der Waals surface area (Å²) in [6.45, 7) is 5.25. The van der Waals surface area contributed by atoms with Gasteiger partial charge in [-0.2, -0.15) is 0 Å². The normalized spacial score (nSPS) is 14.2. The molecule has 0 spiro atoms. The highest BCUT2D eigenvalue weighted by atomic mass is 35.5. The highest BCUT2D eigenvalue weighted by molar-refractivity contribution is 6.30. The monoisotopic (exact) mass is 291 g/mol. The summed E-state index contributed by atoms with van der Waals surface area (Å²) < 4.78 is 2.04. The van der Waals surface area contributed by atoms with Crippen LogP contribution in [-0.4, -0.2) is 9.55 Å². The Bertz CT molecular complexity index is 533. The molecule has 0 saturated heterocycles. The van der Waals surface area contributed by atoms with Gasteiger partial charge in [-0.05, 0) is 23.6 Å². The van der Waals surface area contributed by atoms with Crippen molar-refractivity contribution in [1.82, 2.24) is 14.9 Å². The second kappa shape index (κ2) is 6.91. The number of imidazole rings is 1. The zero-order chi connectivity index (χ0) is 14.5. The summed E-state index contributed by atoms with van der Waals surface area (Å²) in [5.41, 5.74) is 1.28. The maximum atomic E-state index is 5.98. The summed E-state index contributed by atoms with van der Waals surface area (Å²) in [6, 6.07) is 8.42. The minimum Gasteiger partial charge on any atom is -0.337 e. The van der Waals surface area contributed by atoms with Crippen molar-refractivity contribution < 1.29 is 0 Å². The highest BCUT2D eigenvalue weighted by Gasteiger charge is 2.18. The van der Waals surface area contributed by atoms with Gasteiger partial charge in [0.25, 0.3) is 0 Å². The third-order valence-electron chi connectivity index (χ3n) is 3.84. The number of halogens is 1. The second-order valence-electron chi connectivity index (χ2n) is 5.25. The molecular formula is C16H22ClN3. The number of aryl methyl sites for hydroxylation is 1. The predicted octanol–water partition coefficient (Wildman–Crippen LogP) is 3.95. The van der Waals surface area contributed by atoms with Crippen LogP contribution in [0.25, 0.3) is 0 Å². The van der Waals surface area contributed by atoms with E-state index in [-0.39, 0.29) is 0 Å². The van der Waals surface area contributed by atoms with Crippen LogP contribution in [0.5, 0.6) is 0 Å². The molecule has 0 bridgehead atoms. The van der Waals surface area contributed by atoms with Gasteiger partial charge in [-0.1, -0.05) is 44.0 Å². The van der Waals surface area contributed by atoms with Crippen LogP contribution in [0.15, 0.2) is 36.7 Å². The van der Waals surface area contributed by atoms with Gasteiger partial charge in [-0.3, -0.25) is 0 Å². The zero-order valence-electron chi connectivity index (χ0n) is 12.3. The number of benzene rings is 1. The molecule has 1 aromatic carbocycles. The second-order valence-corrected chi connectivity index (χ2v) is 5.69. The molecular weight excluding hydrogens is 270 g/mol. The number of aromatic nitrogens is 2. The molecule has 0 aliphatic carbocycles. The molecule has 0 unspecified atom stereocenters. The summed E-state index contributed by atoms with van der Waals surface area (Å²) in [6.07, 6.45) is 4.93. The Kier molecular flexibility index (Phi) is 5.21. The fourth-order valence-corrected chi connectivity index (χ4v) is 2.45. The van der Waals surface area contributed by atoms with Gasteiger partial charge in [0.2, 0.25) is 0 Å². The first kappa shape index (κ1) is 15.1. The molecule has 2 atom stereocenters. The average molecular weight is 292 g/mol. The standard InChI is InChI=1S/C16H22ClN3/c1-4-12(2)16(13-5-7-14(17)8-6-13)19-11-15-18-9-10-20(15)3/h5-10,12,16,19H,4,11H2,1-3H3/t12-,16+/m0/s1. The van der Waals surface area contributed by atoms with Crippen LogP contribution >= 0.6 is 11.6 Å². The van der Waals surface area contributed by atoms with Crippen LogP contribution in [0, 0.1) is 5.92 Å². The van der Waals surface area contributed by atoms with Gasteiger partial charge in [-0.15, -0.1) is 0 Å². The molecule has 0 aliphatic rings. The van der Waals surface area contributed by atoms with Crippen molar-refractivity contribution in [2.75, 3.05) is 0 Å². The average Bonchev–Trinajstić information content (AvgIpc) is 2.86. The highest BCUT2D eigenvalue weighted by Crippen LogP contribution is 2.25. The van der Waals surface area contributed by atoms with Crippen molar-refractivity contribution in [3.63, 3.8) is 0 Å². The van der Waals surface area contributed by atoms with Gasteiger partial charge in [0.15, 0.2) is 0 Å². The van der Waals surface area contributed by atoms with Crippen molar-refractivity contribution >= 4 is 11.6 Å². The van der Waals surface area contributed by atoms with Crippen LogP contribution in [0.3, 0.4) is 0 Å². The van der Waals surface area contributed by atoms with E-state index in [9.17, 15) is 0 Å². The summed E-state index contributed by atoms with van der Waals surface area (Å²) >= 11 is 5.98. The van der Waals surface area contributed by atoms with E-state index in [1.807, 2.05) is 36.1 Å². The largest absolute Gasteiger partial charge is 0.337 e. The number of nitrogens with zero attached hydrogens (tertiary/aromatic N) is 2. The number of nitrogens with one attached hydrogen (secondary N) is 1. The van der Waals surface area contributed by atoms with E-state index < -0.39 is 0 Å². The Hall–Kier alpha value is -1.32. The quantitative estimate of drug-likeness (QED) is 0.873. The lowest BCUT2D eigenvalue weighted by molar-refractivity contribution is 0.370. The van der Waals surface area contributed by atoms with Gasteiger partial charge < -0.3 is 9.88 Å². The third-order valence-corrected chi connectivity index (χ3v) is 4.10. The summed E-state index contributed by atoms with van der Waals surface area (Å²) in [7, 11) is 2.02. The lowest BCUT2D eigenvalue weighted by Crippen LogP contribution is -2.27. The van der Waals surface area contributed by atoms with E-state index in [4.69, 9.17) is 11.6 Å². The molecule has 0 amide bonds. The summed E-state index contributed by atoms with van der Waals surface area (Å²) in [4.78, 5) is 4.36. The van der Waals surface area contributed by atoms with Crippen molar-refractivity contribution in [3.05, 3.63) is 53.1 Å². The molecule has 108 valence electrons. The van der Waals surface area contributed by atoms with E-state index in [2.05, 4.69) is 36.3 Å². The van der Waals surface area contributed by atoms with Crippen LogP contribution < -0.4 is 5.32 Å². The van der Waals surface area contributed by atoms with Crippen LogP contribution in [0.2, 0.25) is 5.02 Å². The van der Waals surface area contributed by atoms with Gasteiger partial charge in [-0.25, -0.2) is 4.98 Å². The Labute approximate surface area is 126 Å². The van der Waals surface area contributed by atoms with Crippen molar-refractivity contribution in [1.29, 1.82) is 0 Å². The van der Waals surface area contributed by atoms with Crippen molar-refractivity contribution in [2.24, 2.45) is 13.0 Å². The molecule has 1 aromatic heterocycles. The number of rotatable bonds is 6. The zero-order valence-corrected chi connectivity index (χ0v) is 13.1. The lowest BCUT2D eigenvalue weighted by atomic mass is 9.92.